The normalized spacial score (nSPS) is 20.6. The van der Waals surface area contributed by atoms with Crippen molar-refractivity contribution in [2.75, 3.05) is 6.54 Å². The molecule has 2 aliphatic rings. The highest BCUT2D eigenvalue weighted by Crippen LogP contribution is 2.33. The van der Waals surface area contributed by atoms with E-state index >= 15 is 0 Å². The fourth-order valence-corrected chi connectivity index (χ4v) is 3.37. The van der Waals surface area contributed by atoms with Crippen molar-refractivity contribution >= 4 is 5.91 Å². The van der Waals surface area contributed by atoms with Gasteiger partial charge in [0.2, 0.25) is 5.91 Å². The van der Waals surface area contributed by atoms with Crippen molar-refractivity contribution in [3.8, 4) is 0 Å². The van der Waals surface area contributed by atoms with Crippen molar-refractivity contribution in [2.45, 2.75) is 57.1 Å². The maximum atomic E-state index is 13.0. The number of aliphatic hydroxyl groups excluding tert-OH is 1. The number of nitrogens with zero attached hydrogens (tertiary/aromatic N) is 1. The lowest BCUT2D eigenvalue weighted by Gasteiger charge is -2.31. The molecular formula is C18H24FNO2. The van der Waals surface area contributed by atoms with Crippen LogP contribution in [0.5, 0.6) is 0 Å². The number of halogens is 1. The van der Waals surface area contributed by atoms with Crippen molar-refractivity contribution in [1.82, 2.24) is 4.90 Å². The van der Waals surface area contributed by atoms with E-state index in [9.17, 15) is 14.3 Å². The van der Waals surface area contributed by atoms with Gasteiger partial charge in [0.1, 0.15) is 5.82 Å². The van der Waals surface area contributed by atoms with Crippen LogP contribution in [0.2, 0.25) is 0 Å². The lowest BCUT2D eigenvalue weighted by Crippen LogP contribution is -2.41. The number of carbonyl (C=O) groups excluding carboxylic acids is 1. The van der Waals surface area contributed by atoms with Gasteiger partial charge in [-0.15, -0.1) is 0 Å². The zero-order valence-corrected chi connectivity index (χ0v) is 12.9. The van der Waals surface area contributed by atoms with Crippen LogP contribution in [0.1, 0.15) is 56.6 Å². The zero-order chi connectivity index (χ0) is 15.5. The lowest BCUT2D eigenvalue weighted by molar-refractivity contribution is -0.138. The van der Waals surface area contributed by atoms with E-state index in [0.717, 1.165) is 38.5 Å². The fourth-order valence-electron chi connectivity index (χ4n) is 3.37. The first-order valence-electron chi connectivity index (χ1n) is 8.39. The minimum Gasteiger partial charge on any atom is -0.387 e. The molecule has 0 radical (unpaired) electrons. The Morgan fingerprint density at radius 2 is 1.77 bits per heavy atom. The van der Waals surface area contributed by atoms with Gasteiger partial charge in [0.05, 0.1) is 12.6 Å². The first-order valence-corrected chi connectivity index (χ1v) is 8.39. The summed E-state index contributed by atoms with van der Waals surface area (Å²) in [7, 11) is 0. The molecule has 2 saturated carbocycles. The summed E-state index contributed by atoms with van der Waals surface area (Å²) in [6.45, 7) is 0.325. The predicted molar refractivity (Wildman–Crippen MR) is 82.7 cm³/mol. The summed E-state index contributed by atoms with van der Waals surface area (Å²) in [6, 6.07) is 6.18. The van der Waals surface area contributed by atoms with Gasteiger partial charge in [0.25, 0.3) is 0 Å². The Morgan fingerprint density at radius 1 is 1.14 bits per heavy atom. The van der Waals surface area contributed by atoms with E-state index in [4.69, 9.17) is 0 Å². The standard InChI is InChI=1S/C18H24FNO2/c19-15-8-6-13(7-9-15)17(21)12-20(16-10-11-16)18(22)14-4-2-1-3-5-14/h6-9,14,16-17,21H,1-5,10-12H2. The lowest BCUT2D eigenvalue weighted by atomic mass is 9.88. The average molecular weight is 305 g/mol. The number of rotatable bonds is 5. The highest BCUT2D eigenvalue weighted by molar-refractivity contribution is 5.79. The summed E-state index contributed by atoms with van der Waals surface area (Å²) in [5.74, 6) is 0.0337. The molecule has 22 heavy (non-hydrogen) atoms. The average Bonchev–Trinajstić information content (AvgIpc) is 3.38. The molecule has 2 fully saturated rings. The maximum Gasteiger partial charge on any atom is 0.226 e. The third-order valence-electron chi connectivity index (χ3n) is 4.85. The van der Waals surface area contributed by atoms with Crippen molar-refractivity contribution in [2.24, 2.45) is 5.92 Å². The van der Waals surface area contributed by atoms with Gasteiger partial charge in [0, 0.05) is 12.0 Å². The number of aliphatic hydroxyl groups is 1. The van der Waals surface area contributed by atoms with E-state index in [2.05, 4.69) is 0 Å². The van der Waals surface area contributed by atoms with E-state index in [1.807, 2.05) is 4.90 Å². The summed E-state index contributed by atoms with van der Waals surface area (Å²) < 4.78 is 13.0. The molecule has 1 amide bonds. The summed E-state index contributed by atoms with van der Waals surface area (Å²) in [5, 5.41) is 10.4. The van der Waals surface area contributed by atoms with E-state index in [-0.39, 0.29) is 17.6 Å². The monoisotopic (exact) mass is 305 g/mol. The molecule has 4 heteroatoms. The molecular weight excluding hydrogens is 281 g/mol. The molecule has 3 rings (SSSR count). The van der Waals surface area contributed by atoms with Crippen LogP contribution >= 0.6 is 0 Å². The topological polar surface area (TPSA) is 40.5 Å². The second-order valence-corrected chi connectivity index (χ2v) is 6.62. The van der Waals surface area contributed by atoms with Gasteiger partial charge in [-0.25, -0.2) is 4.39 Å². The van der Waals surface area contributed by atoms with E-state index < -0.39 is 6.10 Å². The molecule has 1 atom stereocenters. The van der Waals surface area contributed by atoms with Crippen molar-refractivity contribution < 1.29 is 14.3 Å². The van der Waals surface area contributed by atoms with Gasteiger partial charge < -0.3 is 10.0 Å². The SMILES string of the molecule is O=C(C1CCCCC1)N(CC(O)c1ccc(F)cc1)C1CC1. The van der Waals surface area contributed by atoms with Gasteiger partial charge in [-0.3, -0.25) is 4.79 Å². The van der Waals surface area contributed by atoms with Crippen molar-refractivity contribution in [3.63, 3.8) is 0 Å². The van der Waals surface area contributed by atoms with Crippen LogP contribution in [0.25, 0.3) is 0 Å². The number of carbonyl (C=O) groups is 1. The Hall–Kier alpha value is -1.42. The Morgan fingerprint density at radius 3 is 2.36 bits per heavy atom. The first kappa shape index (κ1) is 15.5. The first-order chi connectivity index (χ1) is 10.6. The maximum absolute atomic E-state index is 13.0. The van der Waals surface area contributed by atoms with Gasteiger partial charge in [-0.05, 0) is 43.4 Å². The molecule has 120 valence electrons. The van der Waals surface area contributed by atoms with Crippen LogP contribution in [0, 0.1) is 11.7 Å². The smallest absolute Gasteiger partial charge is 0.226 e. The highest BCUT2D eigenvalue weighted by Gasteiger charge is 2.37. The summed E-state index contributed by atoms with van der Waals surface area (Å²) >= 11 is 0. The Bertz CT molecular complexity index is 506. The van der Waals surface area contributed by atoms with Crippen LogP contribution in [-0.4, -0.2) is 28.5 Å². The molecule has 3 nitrogen and oxygen atoms in total. The van der Waals surface area contributed by atoms with E-state index in [1.54, 1.807) is 12.1 Å². The van der Waals surface area contributed by atoms with E-state index in [0.29, 0.717) is 18.2 Å². The molecule has 0 spiro atoms. The number of benzene rings is 1. The van der Waals surface area contributed by atoms with Crippen LogP contribution in [0.15, 0.2) is 24.3 Å². The largest absolute Gasteiger partial charge is 0.387 e. The third kappa shape index (κ3) is 3.67. The zero-order valence-electron chi connectivity index (χ0n) is 12.9. The minimum atomic E-state index is -0.742. The summed E-state index contributed by atoms with van der Waals surface area (Å²) in [6.07, 6.45) is 6.79. The van der Waals surface area contributed by atoms with Crippen LogP contribution in [0.4, 0.5) is 4.39 Å². The van der Waals surface area contributed by atoms with Crippen LogP contribution in [0.3, 0.4) is 0 Å². The molecule has 1 unspecified atom stereocenters. The molecule has 1 aromatic rings. The van der Waals surface area contributed by atoms with E-state index in [1.165, 1.54) is 18.6 Å². The number of hydrogen-bond donors (Lipinski definition) is 1. The number of hydrogen-bond acceptors (Lipinski definition) is 2. The Kier molecular flexibility index (Phi) is 4.77. The molecule has 0 aliphatic heterocycles. The second kappa shape index (κ2) is 6.78. The van der Waals surface area contributed by atoms with Gasteiger partial charge in [-0.2, -0.15) is 0 Å². The molecule has 0 bridgehead atoms. The van der Waals surface area contributed by atoms with Crippen molar-refractivity contribution in [1.29, 1.82) is 0 Å². The molecule has 1 N–H and O–H groups in total. The molecule has 0 heterocycles. The molecule has 1 aromatic carbocycles. The van der Waals surface area contributed by atoms with Crippen molar-refractivity contribution in [3.05, 3.63) is 35.6 Å². The summed E-state index contributed by atoms with van der Waals surface area (Å²) in [4.78, 5) is 14.6. The Balaban J connectivity index is 1.66. The predicted octanol–water partition coefficient (Wildman–Crippen LogP) is 3.43. The summed E-state index contributed by atoms with van der Waals surface area (Å²) in [5.41, 5.74) is 0.670. The van der Waals surface area contributed by atoms with Gasteiger partial charge in [-0.1, -0.05) is 31.4 Å². The van der Waals surface area contributed by atoms with Gasteiger partial charge in [0.15, 0.2) is 0 Å². The van der Waals surface area contributed by atoms with Crippen LogP contribution in [-0.2, 0) is 4.79 Å². The highest BCUT2D eigenvalue weighted by atomic mass is 19.1. The third-order valence-corrected chi connectivity index (χ3v) is 4.85. The van der Waals surface area contributed by atoms with Crippen LogP contribution < -0.4 is 0 Å². The number of amides is 1. The fraction of sp³-hybridized carbons (Fsp3) is 0.611. The Labute approximate surface area is 131 Å². The molecule has 0 saturated heterocycles. The van der Waals surface area contributed by atoms with Gasteiger partial charge >= 0.3 is 0 Å². The quantitative estimate of drug-likeness (QED) is 0.905. The molecule has 2 aliphatic carbocycles. The minimum absolute atomic E-state index is 0.134. The molecule has 0 aromatic heterocycles. The second-order valence-electron chi connectivity index (χ2n) is 6.62.